The highest BCUT2D eigenvalue weighted by Gasteiger charge is 2.27. The van der Waals surface area contributed by atoms with Crippen LogP contribution in [0, 0.1) is 0 Å². The van der Waals surface area contributed by atoms with Crippen molar-refractivity contribution >= 4 is 21.8 Å². The molecule has 86 valence electrons. The van der Waals surface area contributed by atoms with Crippen LogP contribution in [-0.2, 0) is 4.79 Å². The summed E-state index contributed by atoms with van der Waals surface area (Å²) < 4.78 is 0. The first-order valence-electron chi connectivity index (χ1n) is 5.66. The smallest absolute Gasteiger partial charge is 0.229 e. The highest BCUT2D eigenvalue weighted by atomic mass is 79.9. The molecule has 1 aromatic rings. The summed E-state index contributed by atoms with van der Waals surface area (Å²) in [7, 11) is 0. The maximum atomic E-state index is 12.2. The molecule has 2 rings (SSSR count). The van der Waals surface area contributed by atoms with Crippen LogP contribution in [-0.4, -0.2) is 28.7 Å². The molecule has 1 aromatic carbocycles. The summed E-state index contributed by atoms with van der Waals surface area (Å²) >= 11 is 3.56. The number of hydrogen-bond acceptors (Lipinski definition) is 1. The number of benzene rings is 1. The summed E-state index contributed by atoms with van der Waals surface area (Å²) in [5.74, 6) is 0.215. The zero-order chi connectivity index (χ0) is 11.5. The summed E-state index contributed by atoms with van der Waals surface area (Å²) in [4.78, 5) is 14.6. The minimum absolute atomic E-state index is 0.0287. The van der Waals surface area contributed by atoms with Gasteiger partial charge in [-0.05, 0) is 18.9 Å². The van der Waals surface area contributed by atoms with Gasteiger partial charge in [-0.1, -0.05) is 46.3 Å². The van der Waals surface area contributed by atoms with Gasteiger partial charge < -0.3 is 4.90 Å². The monoisotopic (exact) mass is 281 g/mol. The van der Waals surface area contributed by atoms with E-state index in [2.05, 4.69) is 15.9 Å². The van der Waals surface area contributed by atoms with Crippen molar-refractivity contribution in [1.29, 1.82) is 0 Å². The molecule has 1 saturated heterocycles. The molecule has 0 N–H and O–H groups in total. The quantitative estimate of drug-likeness (QED) is 0.764. The van der Waals surface area contributed by atoms with E-state index in [9.17, 15) is 4.79 Å². The molecule has 1 aliphatic heterocycles. The molecule has 2 nitrogen and oxygen atoms in total. The number of carbonyl (C=O) groups excluding carboxylic acids is 1. The van der Waals surface area contributed by atoms with Gasteiger partial charge in [-0.25, -0.2) is 0 Å². The Bertz CT molecular complexity index is 365. The van der Waals surface area contributed by atoms with Crippen molar-refractivity contribution in [2.75, 3.05) is 13.1 Å². The van der Waals surface area contributed by atoms with E-state index in [1.807, 2.05) is 42.2 Å². The van der Waals surface area contributed by atoms with Gasteiger partial charge >= 0.3 is 0 Å². The zero-order valence-electron chi connectivity index (χ0n) is 9.40. The predicted molar refractivity (Wildman–Crippen MR) is 68.8 cm³/mol. The van der Waals surface area contributed by atoms with E-state index >= 15 is 0 Å². The number of nitrogens with zero attached hydrogens (tertiary/aromatic N) is 1. The Morgan fingerprint density at radius 1 is 1.44 bits per heavy atom. The van der Waals surface area contributed by atoms with Crippen LogP contribution in [0.4, 0.5) is 0 Å². The molecule has 1 amide bonds. The summed E-state index contributed by atoms with van der Waals surface area (Å²) in [6.07, 6.45) is 1.06. The third-order valence-electron chi connectivity index (χ3n) is 3.11. The minimum atomic E-state index is -0.0287. The molecule has 0 saturated carbocycles. The Morgan fingerprint density at radius 3 is 2.69 bits per heavy atom. The molecule has 16 heavy (non-hydrogen) atoms. The highest BCUT2D eigenvalue weighted by molar-refractivity contribution is 9.09. The van der Waals surface area contributed by atoms with Gasteiger partial charge in [-0.2, -0.15) is 0 Å². The average molecular weight is 282 g/mol. The summed E-state index contributed by atoms with van der Waals surface area (Å²) in [5.41, 5.74) is 1.10. The molecule has 0 aromatic heterocycles. The van der Waals surface area contributed by atoms with E-state index < -0.39 is 0 Å². The first-order valence-corrected chi connectivity index (χ1v) is 6.58. The molecule has 2 atom stereocenters. The van der Waals surface area contributed by atoms with Crippen molar-refractivity contribution in [2.45, 2.75) is 24.1 Å². The number of carbonyl (C=O) groups is 1. The van der Waals surface area contributed by atoms with E-state index in [-0.39, 0.29) is 11.8 Å². The van der Waals surface area contributed by atoms with E-state index in [1.165, 1.54) is 0 Å². The molecule has 1 heterocycles. The van der Waals surface area contributed by atoms with Gasteiger partial charge in [-0.15, -0.1) is 0 Å². The maximum Gasteiger partial charge on any atom is 0.229 e. The lowest BCUT2D eigenvalue weighted by molar-refractivity contribution is -0.131. The highest BCUT2D eigenvalue weighted by Crippen LogP contribution is 2.23. The van der Waals surface area contributed by atoms with E-state index in [4.69, 9.17) is 0 Å². The third kappa shape index (κ3) is 2.46. The van der Waals surface area contributed by atoms with Crippen LogP contribution in [0.1, 0.15) is 24.8 Å². The Kier molecular flexibility index (Phi) is 3.64. The van der Waals surface area contributed by atoms with E-state index in [0.29, 0.717) is 4.83 Å². The van der Waals surface area contributed by atoms with Crippen LogP contribution in [0.25, 0.3) is 0 Å². The molecule has 0 bridgehead atoms. The topological polar surface area (TPSA) is 20.3 Å². The number of rotatable bonds is 2. The molecule has 0 spiro atoms. The van der Waals surface area contributed by atoms with Crippen LogP contribution in [0.5, 0.6) is 0 Å². The largest absolute Gasteiger partial charge is 0.341 e. The Hall–Kier alpha value is -0.830. The van der Waals surface area contributed by atoms with Crippen LogP contribution in [0.3, 0.4) is 0 Å². The van der Waals surface area contributed by atoms with Gasteiger partial charge in [0.1, 0.15) is 0 Å². The SMILES string of the molecule is CC(C(=O)N1CCC(Br)C1)c1ccccc1. The molecule has 0 aliphatic carbocycles. The van der Waals surface area contributed by atoms with Gasteiger partial charge in [-0.3, -0.25) is 4.79 Å². The van der Waals surface area contributed by atoms with Gasteiger partial charge in [0.25, 0.3) is 0 Å². The van der Waals surface area contributed by atoms with Crippen molar-refractivity contribution in [3.05, 3.63) is 35.9 Å². The standard InChI is InChI=1S/C13H16BrNO/c1-10(11-5-3-2-4-6-11)13(16)15-8-7-12(14)9-15/h2-6,10,12H,7-9H2,1H3. The van der Waals surface area contributed by atoms with Crippen LogP contribution < -0.4 is 0 Å². The Balaban J connectivity index is 2.05. The second-order valence-corrected chi connectivity index (χ2v) is 5.60. The zero-order valence-corrected chi connectivity index (χ0v) is 11.0. The first kappa shape index (κ1) is 11.6. The molecular weight excluding hydrogens is 266 g/mol. The van der Waals surface area contributed by atoms with E-state index in [0.717, 1.165) is 25.1 Å². The Morgan fingerprint density at radius 2 is 2.12 bits per heavy atom. The maximum absolute atomic E-state index is 12.2. The fraction of sp³-hybridized carbons (Fsp3) is 0.462. The van der Waals surface area contributed by atoms with Gasteiger partial charge in [0.05, 0.1) is 5.92 Å². The van der Waals surface area contributed by atoms with Gasteiger partial charge in [0.15, 0.2) is 0 Å². The summed E-state index contributed by atoms with van der Waals surface area (Å²) in [5, 5.41) is 0. The lowest BCUT2D eigenvalue weighted by Crippen LogP contribution is -2.32. The molecule has 1 fully saturated rings. The predicted octanol–water partition coefficient (Wildman–Crippen LogP) is 2.79. The van der Waals surface area contributed by atoms with Gasteiger partial charge in [0, 0.05) is 17.9 Å². The first-order chi connectivity index (χ1) is 7.68. The van der Waals surface area contributed by atoms with Crippen molar-refractivity contribution in [3.8, 4) is 0 Å². The molecular formula is C13H16BrNO. The molecule has 2 unspecified atom stereocenters. The Labute approximate surface area is 105 Å². The van der Waals surface area contributed by atoms with Crippen molar-refractivity contribution in [2.24, 2.45) is 0 Å². The van der Waals surface area contributed by atoms with Crippen LogP contribution in [0.15, 0.2) is 30.3 Å². The molecule has 0 radical (unpaired) electrons. The average Bonchev–Trinajstić information content (AvgIpc) is 2.75. The van der Waals surface area contributed by atoms with Crippen molar-refractivity contribution in [3.63, 3.8) is 0 Å². The summed E-state index contributed by atoms with van der Waals surface area (Å²) in [6, 6.07) is 9.98. The third-order valence-corrected chi connectivity index (χ3v) is 3.86. The second kappa shape index (κ2) is 5.00. The molecule has 3 heteroatoms. The van der Waals surface area contributed by atoms with Crippen LogP contribution >= 0.6 is 15.9 Å². The second-order valence-electron chi connectivity index (χ2n) is 4.30. The minimum Gasteiger partial charge on any atom is -0.341 e. The lowest BCUT2D eigenvalue weighted by atomic mass is 10.00. The fourth-order valence-corrected chi connectivity index (χ4v) is 2.63. The number of likely N-dealkylation sites (tertiary alicyclic amines) is 1. The number of halogens is 1. The molecule has 1 aliphatic rings. The number of alkyl halides is 1. The fourth-order valence-electron chi connectivity index (χ4n) is 2.08. The summed E-state index contributed by atoms with van der Waals surface area (Å²) in [6.45, 7) is 3.71. The van der Waals surface area contributed by atoms with Gasteiger partial charge in [0.2, 0.25) is 5.91 Å². The number of amides is 1. The van der Waals surface area contributed by atoms with Crippen LogP contribution in [0.2, 0.25) is 0 Å². The van der Waals surface area contributed by atoms with Crippen molar-refractivity contribution in [1.82, 2.24) is 4.90 Å². The normalized spacial score (nSPS) is 22.1. The van der Waals surface area contributed by atoms with Crippen molar-refractivity contribution < 1.29 is 4.79 Å². The van der Waals surface area contributed by atoms with E-state index in [1.54, 1.807) is 0 Å². The number of hydrogen-bond donors (Lipinski definition) is 0. The lowest BCUT2D eigenvalue weighted by Gasteiger charge is -2.20.